The van der Waals surface area contributed by atoms with Gasteiger partial charge in [0.25, 0.3) is 5.91 Å². The molecule has 0 aliphatic heterocycles. The van der Waals surface area contributed by atoms with Gasteiger partial charge in [-0.05, 0) is 53.7 Å². The van der Waals surface area contributed by atoms with Gasteiger partial charge in [-0.15, -0.1) is 0 Å². The topological polar surface area (TPSA) is 113 Å². The van der Waals surface area contributed by atoms with Gasteiger partial charge < -0.3 is 23.4 Å². The first-order valence-corrected chi connectivity index (χ1v) is 10.5. The molecule has 0 unspecified atom stereocenters. The van der Waals surface area contributed by atoms with Crippen molar-refractivity contribution < 1.29 is 37.7 Å². The van der Waals surface area contributed by atoms with Gasteiger partial charge in [0.2, 0.25) is 11.6 Å². The molecule has 2 aromatic rings. The van der Waals surface area contributed by atoms with Crippen LogP contribution in [0.15, 0.2) is 16.5 Å². The molecule has 0 bridgehead atoms. The van der Waals surface area contributed by atoms with Crippen LogP contribution >= 0.6 is 0 Å². The standard InChI is InChI=1S/C23H29NO8/c1-7-28-16-11-15(12-17(29-8-2)20(16)30-9-3)21(26)24-22-19(23(27)31-10-4)18(13(5)25)14(6)32-22/h11-12H,7-10H2,1-6H3,(H,24,26). The van der Waals surface area contributed by atoms with E-state index < -0.39 is 11.9 Å². The largest absolute Gasteiger partial charge is 0.490 e. The minimum absolute atomic E-state index is 0.0652. The van der Waals surface area contributed by atoms with Gasteiger partial charge >= 0.3 is 5.97 Å². The van der Waals surface area contributed by atoms with Gasteiger partial charge in [0.15, 0.2) is 17.3 Å². The predicted octanol–water partition coefficient (Wildman–Crippen LogP) is 4.42. The average molecular weight is 447 g/mol. The molecule has 0 radical (unpaired) electrons. The maximum Gasteiger partial charge on any atom is 0.344 e. The van der Waals surface area contributed by atoms with Crippen molar-refractivity contribution in [2.24, 2.45) is 0 Å². The fraction of sp³-hybridized carbons (Fsp3) is 0.435. The molecule has 1 heterocycles. The van der Waals surface area contributed by atoms with E-state index in [4.69, 9.17) is 23.4 Å². The van der Waals surface area contributed by atoms with E-state index in [1.54, 1.807) is 6.92 Å². The highest BCUT2D eigenvalue weighted by molar-refractivity contribution is 6.12. The highest BCUT2D eigenvalue weighted by Crippen LogP contribution is 2.39. The van der Waals surface area contributed by atoms with E-state index in [2.05, 4.69) is 5.32 Å². The molecule has 9 heteroatoms. The number of hydrogen-bond donors (Lipinski definition) is 1. The fourth-order valence-electron chi connectivity index (χ4n) is 3.15. The quantitative estimate of drug-likeness (QED) is 0.398. The zero-order chi connectivity index (χ0) is 23.8. The SMILES string of the molecule is CCOC(=O)c1c(NC(=O)c2cc(OCC)c(OCC)c(OCC)c2)oc(C)c1C(C)=O. The van der Waals surface area contributed by atoms with Gasteiger partial charge in [-0.3, -0.25) is 14.9 Å². The number of nitrogens with one attached hydrogen (secondary N) is 1. The number of carbonyl (C=O) groups is 3. The number of hydrogen-bond acceptors (Lipinski definition) is 8. The summed E-state index contributed by atoms with van der Waals surface area (Å²) in [6, 6.07) is 3.02. The number of ketones is 1. The van der Waals surface area contributed by atoms with E-state index in [-0.39, 0.29) is 40.7 Å². The van der Waals surface area contributed by atoms with Crippen LogP contribution in [-0.2, 0) is 4.74 Å². The normalized spacial score (nSPS) is 10.4. The van der Waals surface area contributed by atoms with Gasteiger partial charge in [-0.25, -0.2) is 4.79 Å². The lowest BCUT2D eigenvalue weighted by Gasteiger charge is -2.17. The third kappa shape index (κ3) is 5.40. The number of furan rings is 1. The summed E-state index contributed by atoms with van der Waals surface area (Å²) >= 11 is 0. The van der Waals surface area contributed by atoms with E-state index in [0.29, 0.717) is 37.1 Å². The van der Waals surface area contributed by atoms with Gasteiger partial charge in [0.1, 0.15) is 11.3 Å². The van der Waals surface area contributed by atoms with Gasteiger partial charge in [0.05, 0.1) is 32.0 Å². The van der Waals surface area contributed by atoms with Crippen molar-refractivity contribution in [1.82, 2.24) is 0 Å². The molecule has 1 aromatic carbocycles. The zero-order valence-corrected chi connectivity index (χ0v) is 19.2. The third-order valence-electron chi connectivity index (χ3n) is 4.31. The number of anilines is 1. The molecular weight excluding hydrogens is 418 g/mol. The summed E-state index contributed by atoms with van der Waals surface area (Å²) in [7, 11) is 0. The lowest BCUT2D eigenvalue weighted by Crippen LogP contribution is -2.17. The van der Waals surface area contributed by atoms with Crippen LogP contribution in [0.1, 0.15) is 71.5 Å². The molecule has 0 aliphatic rings. The molecule has 1 amide bonds. The smallest absolute Gasteiger partial charge is 0.344 e. The summed E-state index contributed by atoms with van der Waals surface area (Å²) in [6.45, 7) is 11.1. The Hall–Kier alpha value is -3.49. The van der Waals surface area contributed by atoms with E-state index in [1.165, 1.54) is 26.0 Å². The molecule has 0 saturated heterocycles. The first-order chi connectivity index (χ1) is 15.3. The maximum atomic E-state index is 13.1. The minimum atomic E-state index is -0.762. The van der Waals surface area contributed by atoms with Crippen LogP contribution in [0.3, 0.4) is 0 Å². The van der Waals surface area contributed by atoms with Crippen LogP contribution in [0.25, 0.3) is 0 Å². The van der Waals surface area contributed by atoms with E-state index >= 15 is 0 Å². The summed E-state index contributed by atoms with van der Waals surface area (Å²) < 4.78 is 27.5. The first kappa shape index (κ1) is 24.8. The Morgan fingerprint density at radius 3 is 1.91 bits per heavy atom. The molecule has 0 fully saturated rings. The van der Waals surface area contributed by atoms with Crippen molar-refractivity contribution in [3.05, 3.63) is 34.6 Å². The second-order valence-corrected chi connectivity index (χ2v) is 6.57. The van der Waals surface area contributed by atoms with Crippen molar-refractivity contribution in [1.29, 1.82) is 0 Å². The van der Waals surface area contributed by atoms with Crippen LogP contribution in [0.2, 0.25) is 0 Å². The van der Waals surface area contributed by atoms with E-state index in [0.717, 1.165) is 0 Å². The third-order valence-corrected chi connectivity index (χ3v) is 4.31. The summed E-state index contributed by atoms with van der Waals surface area (Å²) in [5, 5.41) is 2.56. The second-order valence-electron chi connectivity index (χ2n) is 6.57. The molecule has 32 heavy (non-hydrogen) atoms. The molecule has 174 valence electrons. The molecule has 0 atom stereocenters. The number of Topliss-reactive ketones (excluding diaryl/α,β-unsaturated/α-hetero) is 1. The summed E-state index contributed by atoms with van der Waals surface area (Å²) in [5.41, 5.74) is 0.134. The Kier molecular flexibility index (Phi) is 8.69. The summed E-state index contributed by atoms with van der Waals surface area (Å²) in [4.78, 5) is 37.6. The summed E-state index contributed by atoms with van der Waals surface area (Å²) in [5.74, 6) is -0.618. The monoisotopic (exact) mass is 447 g/mol. The predicted molar refractivity (Wildman–Crippen MR) is 117 cm³/mol. The number of ether oxygens (including phenoxy) is 4. The van der Waals surface area contributed by atoms with Gasteiger partial charge in [-0.2, -0.15) is 0 Å². The molecule has 9 nitrogen and oxygen atoms in total. The molecular formula is C23H29NO8. The minimum Gasteiger partial charge on any atom is -0.490 e. The van der Waals surface area contributed by atoms with Crippen LogP contribution in [0, 0.1) is 6.92 Å². The molecule has 1 aromatic heterocycles. The Morgan fingerprint density at radius 2 is 1.44 bits per heavy atom. The zero-order valence-electron chi connectivity index (χ0n) is 19.2. The average Bonchev–Trinajstić information content (AvgIpc) is 3.06. The molecule has 2 rings (SSSR count). The van der Waals surface area contributed by atoms with Crippen LogP contribution in [-0.4, -0.2) is 44.1 Å². The number of carbonyl (C=O) groups excluding carboxylic acids is 3. The number of aryl methyl sites for hydroxylation is 1. The Morgan fingerprint density at radius 1 is 0.875 bits per heavy atom. The fourth-order valence-corrected chi connectivity index (χ4v) is 3.15. The molecule has 1 N–H and O–H groups in total. The summed E-state index contributed by atoms with van der Waals surface area (Å²) in [6.07, 6.45) is 0. The number of benzene rings is 1. The Bertz CT molecular complexity index is 965. The number of esters is 1. The maximum absolute atomic E-state index is 13.1. The highest BCUT2D eigenvalue weighted by Gasteiger charge is 2.29. The molecule has 0 spiro atoms. The Balaban J connectivity index is 2.51. The van der Waals surface area contributed by atoms with Crippen molar-refractivity contribution in [2.75, 3.05) is 31.7 Å². The van der Waals surface area contributed by atoms with Crippen LogP contribution < -0.4 is 19.5 Å². The van der Waals surface area contributed by atoms with Crippen molar-refractivity contribution >= 4 is 23.5 Å². The number of rotatable bonds is 11. The van der Waals surface area contributed by atoms with E-state index in [1.807, 2.05) is 20.8 Å². The highest BCUT2D eigenvalue weighted by atomic mass is 16.5. The van der Waals surface area contributed by atoms with Crippen molar-refractivity contribution in [3.63, 3.8) is 0 Å². The number of amides is 1. The van der Waals surface area contributed by atoms with Crippen molar-refractivity contribution in [2.45, 2.75) is 41.5 Å². The van der Waals surface area contributed by atoms with Gasteiger partial charge in [0, 0.05) is 5.56 Å². The lowest BCUT2D eigenvalue weighted by atomic mass is 10.1. The van der Waals surface area contributed by atoms with Crippen molar-refractivity contribution in [3.8, 4) is 17.2 Å². The second kappa shape index (κ2) is 11.2. The first-order valence-electron chi connectivity index (χ1n) is 10.5. The molecule has 0 saturated carbocycles. The lowest BCUT2D eigenvalue weighted by molar-refractivity contribution is 0.0524. The molecule has 0 aliphatic carbocycles. The van der Waals surface area contributed by atoms with Crippen LogP contribution in [0.5, 0.6) is 17.2 Å². The van der Waals surface area contributed by atoms with Gasteiger partial charge in [-0.1, -0.05) is 0 Å². The van der Waals surface area contributed by atoms with Crippen LogP contribution in [0.4, 0.5) is 5.88 Å². The Labute approximate surface area is 187 Å². The van der Waals surface area contributed by atoms with E-state index in [9.17, 15) is 14.4 Å².